The van der Waals surface area contributed by atoms with E-state index < -0.39 is 6.10 Å². The molecule has 0 spiro atoms. The molecule has 2 heterocycles. The number of nitrogens with one attached hydrogen (secondary N) is 1. The van der Waals surface area contributed by atoms with Gasteiger partial charge in [-0.15, -0.1) is 12.4 Å². The van der Waals surface area contributed by atoms with E-state index in [2.05, 4.69) is 5.32 Å². The molecule has 14 heavy (non-hydrogen) atoms. The average Bonchev–Trinajstić information content (AvgIpc) is 2.49. The largest absolute Gasteiger partial charge is 0.383 e. The molecule has 2 N–H and O–H groups in total. The second-order valence-corrected chi connectivity index (χ2v) is 3.82. The van der Waals surface area contributed by atoms with Crippen molar-refractivity contribution in [1.82, 2.24) is 10.2 Å². The van der Waals surface area contributed by atoms with Gasteiger partial charge in [-0.2, -0.15) is 0 Å². The number of hydrogen-bond donors (Lipinski definition) is 2. The number of nitrogens with zero attached hydrogens (tertiary/aromatic N) is 1. The Hall–Kier alpha value is -0.320. The van der Waals surface area contributed by atoms with Gasteiger partial charge in [-0.3, -0.25) is 4.79 Å². The molecule has 4 nitrogen and oxygen atoms in total. The molecule has 0 aromatic heterocycles. The quantitative estimate of drug-likeness (QED) is 0.641. The van der Waals surface area contributed by atoms with Crippen molar-refractivity contribution in [3.63, 3.8) is 0 Å². The van der Waals surface area contributed by atoms with Crippen LogP contribution in [0, 0.1) is 0 Å². The number of likely N-dealkylation sites (tertiary alicyclic amines) is 1. The highest BCUT2D eigenvalue weighted by Crippen LogP contribution is 2.19. The molecule has 2 aliphatic heterocycles. The zero-order valence-corrected chi connectivity index (χ0v) is 8.92. The van der Waals surface area contributed by atoms with Gasteiger partial charge in [0.2, 0.25) is 0 Å². The molecule has 5 heteroatoms. The van der Waals surface area contributed by atoms with Crippen molar-refractivity contribution in [2.45, 2.75) is 31.4 Å². The first-order chi connectivity index (χ1) is 6.29. The van der Waals surface area contributed by atoms with Crippen LogP contribution in [0.25, 0.3) is 0 Å². The van der Waals surface area contributed by atoms with Crippen LogP contribution in [0.4, 0.5) is 0 Å². The predicted octanol–water partition coefficient (Wildman–Crippen LogP) is -0.247. The summed E-state index contributed by atoms with van der Waals surface area (Å²) in [7, 11) is 0. The van der Waals surface area contributed by atoms with Crippen molar-refractivity contribution >= 4 is 18.3 Å². The lowest BCUT2D eigenvalue weighted by Crippen LogP contribution is -2.44. The van der Waals surface area contributed by atoms with Crippen molar-refractivity contribution in [3.05, 3.63) is 0 Å². The van der Waals surface area contributed by atoms with Crippen LogP contribution in [-0.2, 0) is 4.79 Å². The van der Waals surface area contributed by atoms with E-state index in [0.29, 0.717) is 12.5 Å². The van der Waals surface area contributed by atoms with Crippen molar-refractivity contribution in [1.29, 1.82) is 0 Å². The molecular weight excluding hydrogens is 204 g/mol. The number of aliphatic hydroxyl groups excluding tert-OH is 1. The summed E-state index contributed by atoms with van der Waals surface area (Å²) in [5, 5.41) is 12.6. The van der Waals surface area contributed by atoms with E-state index in [1.165, 1.54) is 0 Å². The van der Waals surface area contributed by atoms with Gasteiger partial charge in [0.25, 0.3) is 5.91 Å². The van der Waals surface area contributed by atoms with Crippen molar-refractivity contribution in [2.75, 3.05) is 19.6 Å². The Kier molecular flexibility index (Phi) is 4.16. The summed E-state index contributed by atoms with van der Waals surface area (Å²) in [5.74, 6) is -0.0631. The Bertz CT molecular complexity index is 207. The Balaban J connectivity index is 0.000000980. The molecule has 0 unspecified atom stereocenters. The second-order valence-electron chi connectivity index (χ2n) is 3.82. The number of carbonyl (C=O) groups is 1. The first kappa shape index (κ1) is 11.8. The zero-order chi connectivity index (χ0) is 9.26. The molecule has 0 aliphatic carbocycles. The van der Waals surface area contributed by atoms with Gasteiger partial charge in [0.15, 0.2) is 0 Å². The highest BCUT2D eigenvalue weighted by molar-refractivity contribution is 5.85. The maximum absolute atomic E-state index is 11.5. The fraction of sp³-hybridized carbons (Fsp3) is 0.889. The molecule has 2 saturated heterocycles. The molecular formula is C9H17ClN2O2. The van der Waals surface area contributed by atoms with Gasteiger partial charge in [0.05, 0.1) is 0 Å². The van der Waals surface area contributed by atoms with Crippen LogP contribution >= 0.6 is 12.4 Å². The maximum atomic E-state index is 11.5. The minimum absolute atomic E-state index is 0. The summed E-state index contributed by atoms with van der Waals surface area (Å²) in [6.07, 6.45) is 1.94. The van der Waals surface area contributed by atoms with Crippen LogP contribution in [0.2, 0.25) is 0 Å². The third-order valence-electron chi connectivity index (χ3n) is 2.96. The topological polar surface area (TPSA) is 52.6 Å². The number of hydrogen-bond acceptors (Lipinski definition) is 3. The van der Waals surface area contributed by atoms with Gasteiger partial charge >= 0.3 is 0 Å². The molecule has 0 aromatic rings. The van der Waals surface area contributed by atoms with Crippen LogP contribution in [0.3, 0.4) is 0 Å². The fourth-order valence-corrected chi connectivity index (χ4v) is 2.17. The summed E-state index contributed by atoms with van der Waals surface area (Å²) in [6.45, 7) is 2.72. The number of aliphatic hydroxyl groups is 1. The minimum Gasteiger partial charge on any atom is -0.383 e. The molecule has 0 aromatic carbocycles. The summed E-state index contributed by atoms with van der Waals surface area (Å²) in [5.41, 5.74) is 0. The molecule has 2 aliphatic rings. The third-order valence-corrected chi connectivity index (χ3v) is 2.96. The molecule has 0 saturated carbocycles. The zero-order valence-electron chi connectivity index (χ0n) is 8.11. The lowest BCUT2D eigenvalue weighted by atomic mass is 10.1. The first-order valence-corrected chi connectivity index (χ1v) is 4.98. The summed E-state index contributed by atoms with van der Waals surface area (Å²) in [4.78, 5) is 13.3. The maximum Gasteiger partial charge on any atom is 0.251 e. The number of carbonyl (C=O) groups excluding carboxylic acids is 1. The Morgan fingerprint density at radius 2 is 1.93 bits per heavy atom. The van der Waals surface area contributed by atoms with Gasteiger partial charge in [-0.05, 0) is 32.4 Å². The van der Waals surface area contributed by atoms with Crippen LogP contribution in [-0.4, -0.2) is 47.7 Å². The lowest BCUT2D eigenvalue weighted by Gasteiger charge is -2.31. The summed E-state index contributed by atoms with van der Waals surface area (Å²) in [6, 6.07) is 0.367. The van der Waals surface area contributed by atoms with Gasteiger partial charge in [-0.1, -0.05) is 0 Å². The Labute approximate surface area is 90.1 Å². The van der Waals surface area contributed by atoms with E-state index >= 15 is 0 Å². The van der Waals surface area contributed by atoms with Crippen molar-refractivity contribution in [3.8, 4) is 0 Å². The van der Waals surface area contributed by atoms with E-state index in [4.69, 9.17) is 0 Å². The van der Waals surface area contributed by atoms with Crippen LogP contribution in [0.15, 0.2) is 0 Å². The number of piperidine rings is 1. The van der Waals surface area contributed by atoms with Crippen LogP contribution < -0.4 is 5.32 Å². The van der Waals surface area contributed by atoms with E-state index in [-0.39, 0.29) is 18.3 Å². The second kappa shape index (κ2) is 4.96. The molecule has 1 amide bonds. The highest BCUT2D eigenvalue weighted by Gasteiger charge is 2.34. The van der Waals surface area contributed by atoms with Gasteiger partial charge < -0.3 is 15.3 Å². The molecule has 0 radical (unpaired) electrons. The van der Waals surface area contributed by atoms with Gasteiger partial charge in [0.1, 0.15) is 6.10 Å². The SMILES string of the molecule is Cl.O=C1[C@@H](O)CCN1C1CCNCC1. The number of amides is 1. The van der Waals surface area contributed by atoms with Gasteiger partial charge in [0, 0.05) is 12.6 Å². The van der Waals surface area contributed by atoms with E-state index in [9.17, 15) is 9.90 Å². The van der Waals surface area contributed by atoms with E-state index in [1.54, 1.807) is 0 Å². The summed E-state index contributed by atoms with van der Waals surface area (Å²) >= 11 is 0. The normalized spacial score (nSPS) is 29.1. The van der Waals surface area contributed by atoms with Gasteiger partial charge in [-0.25, -0.2) is 0 Å². The number of rotatable bonds is 1. The molecule has 1 atom stereocenters. The minimum atomic E-state index is -0.727. The average molecular weight is 221 g/mol. The van der Waals surface area contributed by atoms with Crippen LogP contribution in [0.1, 0.15) is 19.3 Å². The fourth-order valence-electron chi connectivity index (χ4n) is 2.17. The van der Waals surface area contributed by atoms with Crippen LogP contribution in [0.5, 0.6) is 0 Å². The third kappa shape index (κ3) is 2.19. The van der Waals surface area contributed by atoms with E-state index in [1.807, 2.05) is 4.90 Å². The molecule has 2 fully saturated rings. The highest BCUT2D eigenvalue weighted by atomic mass is 35.5. The lowest BCUT2D eigenvalue weighted by molar-refractivity contribution is -0.136. The smallest absolute Gasteiger partial charge is 0.251 e. The predicted molar refractivity (Wildman–Crippen MR) is 55.5 cm³/mol. The number of halogens is 1. The first-order valence-electron chi connectivity index (χ1n) is 4.98. The van der Waals surface area contributed by atoms with Crippen molar-refractivity contribution in [2.24, 2.45) is 0 Å². The monoisotopic (exact) mass is 220 g/mol. The Morgan fingerprint density at radius 3 is 2.43 bits per heavy atom. The molecule has 0 bridgehead atoms. The van der Waals surface area contributed by atoms with E-state index in [0.717, 1.165) is 32.5 Å². The standard InChI is InChI=1S/C9H16N2O2.ClH/c12-8-3-6-11(9(8)13)7-1-4-10-5-2-7;/h7-8,10,12H,1-6H2;1H/t8-;/m0./s1. The molecule has 82 valence electrons. The molecule has 2 rings (SSSR count). The Morgan fingerprint density at radius 1 is 1.29 bits per heavy atom. The summed E-state index contributed by atoms with van der Waals surface area (Å²) < 4.78 is 0. The van der Waals surface area contributed by atoms with Crippen molar-refractivity contribution < 1.29 is 9.90 Å².